The van der Waals surface area contributed by atoms with Gasteiger partial charge >= 0.3 is 0 Å². The van der Waals surface area contributed by atoms with E-state index in [0.29, 0.717) is 61.4 Å². The lowest BCUT2D eigenvalue weighted by Crippen LogP contribution is -3.13. The Hall–Kier alpha value is -3.00. The van der Waals surface area contributed by atoms with Crippen molar-refractivity contribution in [3.8, 4) is 23.0 Å². The van der Waals surface area contributed by atoms with E-state index in [2.05, 4.69) is 0 Å². The second-order valence-corrected chi connectivity index (χ2v) is 7.38. The van der Waals surface area contributed by atoms with Crippen molar-refractivity contribution in [2.24, 2.45) is 0 Å². The zero-order chi connectivity index (χ0) is 21.1. The number of nitrogens with one attached hydrogen (secondary N) is 1. The molecule has 0 atom stereocenters. The Bertz CT molecular complexity index is 911. The molecule has 1 amide bonds. The van der Waals surface area contributed by atoms with Gasteiger partial charge in [0.25, 0.3) is 5.91 Å². The number of carbonyl (C=O) groups excluding carboxylic acids is 1. The highest BCUT2D eigenvalue weighted by molar-refractivity contribution is 5.95. The molecule has 2 aromatic carbocycles. The molecule has 0 aromatic heterocycles. The monoisotopic (exact) mass is 417 g/mol. The zero-order valence-corrected chi connectivity index (χ0v) is 17.2. The number of carbonyl (C=O) groups is 1. The number of hydrogen-bond donors (Lipinski definition) is 1. The first-order valence-electron chi connectivity index (χ1n) is 10.0. The molecular weight excluding hydrogens is 391 g/mol. The van der Waals surface area contributed by atoms with Crippen LogP contribution in [0.25, 0.3) is 0 Å². The number of nitrogens with zero attached hydrogens (tertiary/aromatic N) is 1. The average Bonchev–Trinajstić information content (AvgIpc) is 2.78. The number of methoxy groups -OCH3 is 2. The molecule has 0 aliphatic carbocycles. The molecule has 0 radical (unpaired) electrons. The van der Waals surface area contributed by atoms with Crippen LogP contribution in [-0.2, 0) is 6.54 Å². The van der Waals surface area contributed by atoms with Crippen LogP contribution in [0.3, 0.4) is 0 Å². The van der Waals surface area contributed by atoms with E-state index < -0.39 is 0 Å². The van der Waals surface area contributed by atoms with E-state index in [-0.39, 0.29) is 11.7 Å². The fourth-order valence-corrected chi connectivity index (χ4v) is 3.94. The molecule has 1 saturated heterocycles. The van der Waals surface area contributed by atoms with Gasteiger partial charge in [-0.3, -0.25) is 4.79 Å². The smallest absolute Gasteiger partial charge is 0.254 e. The molecule has 1 fully saturated rings. The Labute approximate surface area is 174 Å². The molecule has 2 aliphatic heterocycles. The maximum absolute atomic E-state index is 13.6. The van der Waals surface area contributed by atoms with Crippen molar-refractivity contribution >= 4 is 5.91 Å². The molecule has 30 heavy (non-hydrogen) atoms. The van der Waals surface area contributed by atoms with Crippen LogP contribution in [0.15, 0.2) is 30.3 Å². The van der Waals surface area contributed by atoms with Crippen LogP contribution in [0.2, 0.25) is 0 Å². The third-order valence-electron chi connectivity index (χ3n) is 5.52. The summed E-state index contributed by atoms with van der Waals surface area (Å²) >= 11 is 0. The maximum Gasteiger partial charge on any atom is 0.254 e. The van der Waals surface area contributed by atoms with Crippen molar-refractivity contribution in [2.45, 2.75) is 6.54 Å². The molecule has 160 valence electrons. The molecule has 0 spiro atoms. The summed E-state index contributed by atoms with van der Waals surface area (Å²) in [6.45, 7) is 4.32. The van der Waals surface area contributed by atoms with Crippen molar-refractivity contribution in [2.75, 3.05) is 53.6 Å². The second-order valence-electron chi connectivity index (χ2n) is 7.38. The zero-order valence-electron chi connectivity index (χ0n) is 17.2. The van der Waals surface area contributed by atoms with E-state index in [1.807, 2.05) is 4.90 Å². The number of ether oxygens (including phenoxy) is 4. The summed E-state index contributed by atoms with van der Waals surface area (Å²) in [5.41, 5.74) is 1.36. The van der Waals surface area contributed by atoms with E-state index >= 15 is 0 Å². The van der Waals surface area contributed by atoms with E-state index in [0.717, 1.165) is 18.7 Å². The Morgan fingerprint density at radius 2 is 1.80 bits per heavy atom. The van der Waals surface area contributed by atoms with E-state index in [4.69, 9.17) is 18.9 Å². The van der Waals surface area contributed by atoms with Gasteiger partial charge in [0.15, 0.2) is 11.5 Å². The number of rotatable bonds is 5. The molecular formula is C22H26FN2O5+. The minimum absolute atomic E-state index is 0.0624. The lowest BCUT2D eigenvalue weighted by Gasteiger charge is -2.32. The van der Waals surface area contributed by atoms with Crippen molar-refractivity contribution in [3.63, 3.8) is 0 Å². The summed E-state index contributed by atoms with van der Waals surface area (Å²) in [6, 6.07) is 7.99. The normalized spacial score (nSPS) is 16.3. The maximum atomic E-state index is 13.6. The van der Waals surface area contributed by atoms with Gasteiger partial charge in [0, 0.05) is 5.56 Å². The average molecular weight is 417 g/mol. The minimum Gasteiger partial charge on any atom is -0.496 e. The predicted octanol–water partition coefficient (Wildman–Crippen LogP) is 1.16. The molecule has 0 bridgehead atoms. The number of benzene rings is 2. The van der Waals surface area contributed by atoms with Gasteiger partial charge < -0.3 is 28.7 Å². The van der Waals surface area contributed by atoms with Gasteiger partial charge in [-0.05, 0) is 30.3 Å². The molecule has 2 aromatic rings. The van der Waals surface area contributed by atoms with Gasteiger partial charge in [-0.1, -0.05) is 0 Å². The van der Waals surface area contributed by atoms with Crippen molar-refractivity contribution in [1.29, 1.82) is 0 Å². The lowest BCUT2D eigenvalue weighted by molar-refractivity contribution is -0.917. The van der Waals surface area contributed by atoms with Crippen LogP contribution in [0, 0.1) is 5.82 Å². The van der Waals surface area contributed by atoms with Crippen molar-refractivity contribution in [3.05, 3.63) is 47.3 Å². The van der Waals surface area contributed by atoms with E-state index in [1.54, 1.807) is 32.4 Å². The van der Waals surface area contributed by atoms with E-state index in [1.165, 1.54) is 17.0 Å². The standard InChI is InChI=1S/C22H25FN2O5/c1-27-18-4-3-17(23)11-16(18)14-24-5-7-25(8-6-24)22(26)15-12-19(28-2)21-20(13-15)29-9-10-30-21/h3-4,11-13H,5-10,14H2,1-2H3/p+1. The second kappa shape index (κ2) is 8.79. The van der Waals surface area contributed by atoms with Gasteiger partial charge in [-0.15, -0.1) is 0 Å². The predicted molar refractivity (Wildman–Crippen MR) is 107 cm³/mol. The topological polar surface area (TPSA) is 61.7 Å². The Kier molecular flexibility index (Phi) is 5.94. The molecule has 0 saturated carbocycles. The van der Waals surface area contributed by atoms with Crippen LogP contribution >= 0.6 is 0 Å². The van der Waals surface area contributed by atoms with Crippen LogP contribution in [0.1, 0.15) is 15.9 Å². The van der Waals surface area contributed by atoms with Gasteiger partial charge in [0.1, 0.15) is 31.3 Å². The lowest BCUT2D eigenvalue weighted by atomic mass is 10.1. The highest BCUT2D eigenvalue weighted by Crippen LogP contribution is 2.40. The highest BCUT2D eigenvalue weighted by Gasteiger charge is 2.28. The van der Waals surface area contributed by atoms with Crippen molar-refractivity contribution < 1.29 is 33.0 Å². The van der Waals surface area contributed by atoms with E-state index in [9.17, 15) is 9.18 Å². The van der Waals surface area contributed by atoms with Crippen LogP contribution in [0.4, 0.5) is 4.39 Å². The van der Waals surface area contributed by atoms with Crippen molar-refractivity contribution in [1.82, 2.24) is 4.90 Å². The third-order valence-corrected chi connectivity index (χ3v) is 5.52. The Morgan fingerprint density at radius 1 is 1.07 bits per heavy atom. The van der Waals surface area contributed by atoms with Crippen LogP contribution in [-0.4, -0.2) is 64.4 Å². The summed E-state index contributed by atoms with van der Waals surface area (Å²) in [4.78, 5) is 16.2. The summed E-state index contributed by atoms with van der Waals surface area (Å²) < 4.78 is 35.6. The number of hydrogen-bond acceptors (Lipinski definition) is 5. The Balaban J connectivity index is 1.42. The molecule has 7 nitrogen and oxygen atoms in total. The largest absolute Gasteiger partial charge is 0.496 e. The fraction of sp³-hybridized carbons (Fsp3) is 0.409. The summed E-state index contributed by atoms with van der Waals surface area (Å²) in [5.74, 6) is 1.92. The first-order valence-corrected chi connectivity index (χ1v) is 10.0. The molecule has 2 heterocycles. The number of halogens is 1. The molecule has 4 rings (SSSR count). The van der Waals surface area contributed by atoms with Crippen LogP contribution < -0.4 is 23.8 Å². The fourth-order valence-electron chi connectivity index (χ4n) is 3.94. The van der Waals surface area contributed by atoms with Gasteiger partial charge in [0.05, 0.1) is 46.0 Å². The summed E-state index contributed by atoms with van der Waals surface area (Å²) in [5, 5.41) is 0. The molecule has 8 heteroatoms. The first kappa shape index (κ1) is 20.3. The number of fused-ring (bicyclic) bond motifs is 1. The number of amides is 1. The molecule has 1 N–H and O–H groups in total. The number of piperazine rings is 1. The van der Waals surface area contributed by atoms with Gasteiger partial charge in [-0.2, -0.15) is 0 Å². The summed E-state index contributed by atoms with van der Waals surface area (Å²) in [6.07, 6.45) is 0. The van der Waals surface area contributed by atoms with Gasteiger partial charge in [-0.25, -0.2) is 4.39 Å². The highest BCUT2D eigenvalue weighted by atomic mass is 19.1. The molecule has 2 aliphatic rings. The quantitative estimate of drug-likeness (QED) is 0.791. The first-order chi connectivity index (χ1) is 14.6. The molecule has 0 unspecified atom stereocenters. The van der Waals surface area contributed by atoms with Gasteiger partial charge in [0.2, 0.25) is 5.75 Å². The number of quaternary nitrogens is 1. The summed E-state index contributed by atoms with van der Waals surface area (Å²) in [7, 11) is 3.13. The van der Waals surface area contributed by atoms with Crippen LogP contribution in [0.5, 0.6) is 23.0 Å². The SMILES string of the molecule is COc1ccc(F)cc1C[NH+]1CCN(C(=O)c2cc(OC)c3c(c2)OCCO3)CC1. The minimum atomic E-state index is -0.272. The Morgan fingerprint density at radius 3 is 2.53 bits per heavy atom. The third kappa shape index (κ3) is 4.14.